The average Bonchev–Trinajstić information content (AvgIpc) is 2.37. The standard InChI is InChI=1S/C14H14FNO3/c1-2-9-16(10-14(18)19)13(17)8-5-11-3-6-12(15)7-4-11/h1,3-4,6-7H,5,8-10H2,(H,18,19). The Morgan fingerprint density at radius 3 is 2.47 bits per heavy atom. The van der Waals surface area contributed by atoms with Crippen LogP contribution in [0.5, 0.6) is 0 Å². The lowest BCUT2D eigenvalue weighted by Crippen LogP contribution is -2.36. The van der Waals surface area contributed by atoms with Crippen LogP contribution in [0.25, 0.3) is 0 Å². The highest BCUT2D eigenvalue weighted by atomic mass is 19.1. The van der Waals surface area contributed by atoms with E-state index in [9.17, 15) is 14.0 Å². The Labute approximate surface area is 110 Å². The van der Waals surface area contributed by atoms with Crippen LogP contribution in [0.2, 0.25) is 0 Å². The number of nitrogens with zero attached hydrogens (tertiary/aromatic N) is 1. The number of carboxylic acid groups (broad SMARTS) is 1. The van der Waals surface area contributed by atoms with Gasteiger partial charge >= 0.3 is 5.97 Å². The van der Waals surface area contributed by atoms with Crippen LogP contribution < -0.4 is 0 Å². The smallest absolute Gasteiger partial charge is 0.323 e. The summed E-state index contributed by atoms with van der Waals surface area (Å²) in [6, 6.07) is 5.81. The van der Waals surface area contributed by atoms with Gasteiger partial charge in [0.15, 0.2) is 0 Å². The molecule has 0 aliphatic rings. The van der Waals surface area contributed by atoms with Crippen LogP contribution in [0.1, 0.15) is 12.0 Å². The third-order valence-corrected chi connectivity index (χ3v) is 2.50. The fraction of sp³-hybridized carbons (Fsp3) is 0.286. The Kier molecular flexibility index (Phi) is 5.55. The molecule has 100 valence electrons. The van der Waals surface area contributed by atoms with Gasteiger partial charge in [-0.25, -0.2) is 4.39 Å². The maximum Gasteiger partial charge on any atom is 0.323 e. The number of carbonyl (C=O) groups is 2. The summed E-state index contributed by atoms with van der Waals surface area (Å²) in [6.07, 6.45) is 5.64. The lowest BCUT2D eigenvalue weighted by molar-refractivity contribution is -0.144. The molecule has 1 rings (SSSR count). The lowest BCUT2D eigenvalue weighted by atomic mass is 10.1. The van der Waals surface area contributed by atoms with Crippen LogP contribution in [0.4, 0.5) is 4.39 Å². The number of carboxylic acids is 1. The minimum Gasteiger partial charge on any atom is -0.480 e. The summed E-state index contributed by atoms with van der Waals surface area (Å²) in [5, 5.41) is 8.67. The van der Waals surface area contributed by atoms with E-state index in [-0.39, 0.29) is 24.7 Å². The van der Waals surface area contributed by atoms with Gasteiger partial charge in [-0.3, -0.25) is 9.59 Å². The van der Waals surface area contributed by atoms with Crippen LogP contribution in [-0.2, 0) is 16.0 Å². The van der Waals surface area contributed by atoms with E-state index in [1.54, 1.807) is 12.1 Å². The van der Waals surface area contributed by atoms with E-state index < -0.39 is 12.5 Å². The molecule has 1 aromatic rings. The van der Waals surface area contributed by atoms with Crippen molar-refractivity contribution in [3.63, 3.8) is 0 Å². The van der Waals surface area contributed by atoms with Crippen LogP contribution in [0.15, 0.2) is 24.3 Å². The van der Waals surface area contributed by atoms with E-state index in [4.69, 9.17) is 11.5 Å². The highest BCUT2D eigenvalue weighted by molar-refractivity contribution is 5.81. The van der Waals surface area contributed by atoms with E-state index in [0.29, 0.717) is 6.42 Å². The van der Waals surface area contributed by atoms with Crippen molar-refractivity contribution in [2.75, 3.05) is 13.1 Å². The summed E-state index contributed by atoms with van der Waals surface area (Å²) in [4.78, 5) is 23.5. The van der Waals surface area contributed by atoms with Crippen molar-refractivity contribution < 1.29 is 19.1 Å². The minimum atomic E-state index is -1.11. The Morgan fingerprint density at radius 1 is 1.32 bits per heavy atom. The number of aryl methyl sites for hydroxylation is 1. The number of aliphatic carboxylic acids is 1. The quantitative estimate of drug-likeness (QED) is 0.787. The molecule has 4 nitrogen and oxygen atoms in total. The second kappa shape index (κ2) is 7.17. The number of halogens is 1. The zero-order valence-corrected chi connectivity index (χ0v) is 10.3. The van der Waals surface area contributed by atoms with Crippen molar-refractivity contribution in [3.8, 4) is 12.3 Å². The Morgan fingerprint density at radius 2 is 1.95 bits per heavy atom. The van der Waals surface area contributed by atoms with E-state index in [0.717, 1.165) is 10.5 Å². The molecule has 1 N–H and O–H groups in total. The molecule has 0 aromatic heterocycles. The van der Waals surface area contributed by atoms with E-state index in [1.807, 2.05) is 0 Å². The first-order chi connectivity index (χ1) is 9.02. The number of hydrogen-bond donors (Lipinski definition) is 1. The van der Waals surface area contributed by atoms with Gasteiger partial charge in [-0.2, -0.15) is 0 Å². The summed E-state index contributed by atoms with van der Waals surface area (Å²) in [5.74, 6) is 0.479. The summed E-state index contributed by atoms with van der Waals surface area (Å²) in [7, 11) is 0. The van der Waals surface area contributed by atoms with Crippen molar-refractivity contribution >= 4 is 11.9 Å². The van der Waals surface area contributed by atoms with Gasteiger partial charge in [-0.15, -0.1) is 6.42 Å². The maximum absolute atomic E-state index is 12.7. The largest absolute Gasteiger partial charge is 0.480 e. The lowest BCUT2D eigenvalue weighted by Gasteiger charge is -2.17. The molecule has 0 aliphatic heterocycles. The van der Waals surface area contributed by atoms with Crippen molar-refractivity contribution in [1.82, 2.24) is 4.90 Å². The highest BCUT2D eigenvalue weighted by Crippen LogP contribution is 2.07. The van der Waals surface area contributed by atoms with Gasteiger partial charge in [-0.1, -0.05) is 18.1 Å². The third-order valence-electron chi connectivity index (χ3n) is 2.50. The molecule has 0 bridgehead atoms. The molecule has 0 fully saturated rings. The third kappa shape index (κ3) is 5.21. The molecular weight excluding hydrogens is 249 g/mol. The van der Waals surface area contributed by atoms with Crippen LogP contribution >= 0.6 is 0 Å². The SMILES string of the molecule is C#CCN(CC(=O)O)C(=O)CCc1ccc(F)cc1. The summed E-state index contributed by atoms with van der Waals surface area (Å²) >= 11 is 0. The van der Waals surface area contributed by atoms with E-state index >= 15 is 0 Å². The summed E-state index contributed by atoms with van der Waals surface area (Å²) in [6.45, 7) is -0.443. The number of carbonyl (C=O) groups excluding carboxylic acids is 1. The molecule has 1 aromatic carbocycles. The Hall–Kier alpha value is -2.35. The molecule has 0 atom stereocenters. The number of amides is 1. The molecule has 0 unspecified atom stereocenters. The van der Waals surface area contributed by atoms with Crippen molar-refractivity contribution in [3.05, 3.63) is 35.6 Å². The van der Waals surface area contributed by atoms with E-state index in [2.05, 4.69) is 5.92 Å². The van der Waals surface area contributed by atoms with Crippen molar-refractivity contribution in [2.24, 2.45) is 0 Å². The average molecular weight is 263 g/mol. The van der Waals surface area contributed by atoms with Gasteiger partial charge in [0.2, 0.25) is 5.91 Å². The topological polar surface area (TPSA) is 57.6 Å². The summed E-state index contributed by atoms with van der Waals surface area (Å²) < 4.78 is 12.7. The number of hydrogen-bond acceptors (Lipinski definition) is 2. The predicted molar refractivity (Wildman–Crippen MR) is 67.8 cm³/mol. The molecule has 19 heavy (non-hydrogen) atoms. The summed E-state index contributed by atoms with van der Waals surface area (Å²) in [5.41, 5.74) is 0.811. The second-order valence-electron chi connectivity index (χ2n) is 3.97. The van der Waals surface area contributed by atoms with Crippen LogP contribution in [-0.4, -0.2) is 35.0 Å². The first-order valence-electron chi connectivity index (χ1n) is 5.70. The van der Waals surface area contributed by atoms with Gasteiger partial charge in [0, 0.05) is 6.42 Å². The molecular formula is C14H14FNO3. The Balaban J connectivity index is 2.54. The Bertz CT molecular complexity index is 490. The predicted octanol–water partition coefficient (Wildman–Crippen LogP) is 1.30. The molecule has 0 aliphatic carbocycles. The number of benzene rings is 1. The number of rotatable bonds is 6. The van der Waals surface area contributed by atoms with Crippen molar-refractivity contribution in [2.45, 2.75) is 12.8 Å². The van der Waals surface area contributed by atoms with E-state index in [1.165, 1.54) is 12.1 Å². The first-order valence-corrected chi connectivity index (χ1v) is 5.70. The zero-order valence-electron chi connectivity index (χ0n) is 10.3. The molecule has 1 amide bonds. The van der Waals surface area contributed by atoms with Crippen LogP contribution in [0, 0.1) is 18.2 Å². The normalized spacial score (nSPS) is 9.68. The molecule has 0 radical (unpaired) electrons. The van der Waals surface area contributed by atoms with Crippen LogP contribution in [0.3, 0.4) is 0 Å². The minimum absolute atomic E-state index is 0.0332. The fourth-order valence-corrected chi connectivity index (χ4v) is 1.57. The second-order valence-corrected chi connectivity index (χ2v) is 3.97. The van der Waals surface area contributed by atoms with Gasteiger partial charge in [-0.05, 0) is 24.1 Å². The van der Waals surface area contributed by atoms with Gasteiger partial charge in [0.25, 0.3) is 0 Å². The molecule has 0 spiro atoms. The zero-order chi connectivity index (χ0) is 14.3. The molecule has 0 heterocycles. The van der Waals surface area contributed by atoms with Gasteiger partial charge in [0.05, 0.1) is 6.54 Å². The molecule has 0 saturated carbocycles. The number of terminal acetylenes is 1. The highest BCUT2D eigenvalue weighted by Gasteiger charge is 2.15. The van der Waals surface area contributed by atoms with Gasteiger partial charge < -0.3 is 10.0 Å². The van der Waals surface area contributed by atoms with Crippen molar-refractivity contribution in [1.29, 1.82) is 0 Å². The first kappa shape index (κ1) is 14.7. The van der Waals surface area contributed by atoms with Gasteiger partial charge in [0.1, 0.15) is 12.4 Å². The monoisotopic (exact) mass is 263 g/mol. The fourth-order valence-electron chi connectivity index (χ4n) is 1.57. The maximum atomic E-state index is 12.7. The molecule has 0 saturated heterocycles. The molecule has 5 heteroatoms.